The number of urea groups is 1. The molecule has 4 rings (SSSR count). The summed E-state index contributed by atoms with van der Waals surface area (Å²) < 4.78 is 10.4. The molecule has 9 heteroatoms. The number of amides is 4. The van der Waals surface area contributed by atoms with Gasteiger partial charge in [-0.25, -0.2) is 9.69 Å². The molecule has 0 spiro atoms. The first-order valence-electron chi connectivity index (χ1n) is 10.2. The number of H-pyrrole nitrogens is 1. The Hall–Kier alpha value is -4.01. The molecule has 1 unspecified atom stereocenters. The molecule has 1 atom stereocenters. The molecule has 2 heterocycles. The molecule has 1 aromatic heterocycles. The van der Waals surface area contributed by atoms with Crippen LogP contribution < -0.4 is 25.0 Å². The van der Waals surface area contributed by atoms with E-state index >= 15 is 0 Å². The highest BCUT2D eigenvalue weighted by Gasteiger charge is 2.40. The summed E-state index contributed by atoms with van der Waals surface area (Å²) in [7, 11) is 3.15. The second-order valence-electron chi connectivity index (χ2n) is 7.40. The predicted octanol–water partition coefficient (Wildman–Crippen LogP) is 2.36. The van der Waals surface area contributed by atoms with Gasteiger partial charge in [0.2, 0.25) is 5.91 Å². The highest BCUT2D eigenvalue weighted by Crippen LogP contribution is 2.25. The highest BCUT2D eigenvalue weighted by atomic mass is 16.5. The van der Waals surface area contributed by atoms with Crippen LogP contribution in [0.3, 0.4) is 0 Å². The van der Waals surface area contributed by atoms with Crippen LogP contribution in [0.15, 0.2) is 48.7 Å². The number of anilines is 1. The topological polar surface area (TPSA) is 113 Å². The molecule has 1 saturated heterocycles. The number of hydrogen-bond donors (Lipinski definition) is 3. The molecule has 166 valence electrons. The number of fused-ring (bicyclic) bond motifs is 1. The summed E-state index contributed by atoms with van der Waals surface area (Å²) in [4.78, 5) is 41.6. The van der Waals surface area contributed by atoms with E-state index in [-0.39, 0.29) is 12.3 Å². The number of ether oxygens (including phenoxy) is 2. The third kappa shape index (κ3) is 4.22. The van der Waals surface area contributed by atoms with Gasteiger partial charge in [0.05, 0.1) is 26.3 Å². The van der Waals surface area contributed by atoms with Crippen molar-refractivity contribution in [3.05, 3.63) is 54.2 Å². The molecule has 2 aromatic carbocycles. The van der Waals surface area contributed by atoms with Crippen molar-refractivity contribution in [1.29, 1.82) is 0 Å². The van der Waals surface area contributed by atoms with Gasteiger partial charge < -0.3 is 25.1 Å². The van der Waals surface area contributed by atoms with E-state index < -0.39 is 18.0 Å². The number of aromatic nitrogens is 1. The van der Waals surface area contributed by atoms with Crippen LogP contribution in [-0.4, -0.2) is 49.6 Å². The molecular weight excluding hydrogens is 412 g/mol. The normalized spacial score (nSPS) is 15.7. The molecule has 1 fully saturated rings. The van der Waals surface area contributed by atoms with E-state index in [1.54, 1.807) is 31.4 Å². The van der Waals surface area contributed by atoms with Gasteiger partial charge in [0.1, 0.15) is 17.5 Å². The van der Waals surface area contributed by atoms with E-state index in [2.05, 4.69) is 15.6 Å². The Balaban J connectivity index is 1.32. The largest absolute Gasteiger partial charge is 0.497 e. The van der Waals surface area contributed by atoms with Crippen molar-refractivity contribution in [2.75, 3.05) is 25.7 Å². The molecule has 9 nitrogen and oxygen atoms in total. The van der Waals surface area contributed by atoms with Crippen molar-refractivity contribution in [2.45, 2.75) is 18.9 Å². The number of nitrogens with one attached hydrogen (secondary N) is 3. The maximum absolute atomic E-state index is 12.7. The molecule has 1 aliphatic rings. The zero-order chi connectivity index (χ0) is 22.7. The fourth-order valence-corrected chi connectivity index (χ4v) is 3.73. The van der Waals surface area contributed by atoms with Crippen molar-refractivity contribution in [1.82, 2.24) is 15.6 Å². The highest BCUT2D eigenvalue weighted by molar-refractivity contribution is 6.22. The maximum atomic E-state index is 12.7. The van der Waals surface area contributed by atoms with Crippen LogP contribution in [0.25, 0.3) is 10.9 Å². The second kappa shape index (κ2) is 9.01. The van der Waals surface area contributed by atoms with Gasteiger partial charge in [-0.05, 0) is 54.4 Å². The number of imide groups is 1. The van der Waals surface area contributed by atoms with Gasteiger partial charge in [-0.3, -0.25) is 9.59 Å². The molecule has 0 aliphatic carbocycles. The minimum atomic E-state index is -0.901. The van der Waals surface area contributed by atoms with E-state index in [0.29, 0.717) is 24.4 Å². The molecule has 1 aliphatic heterocycles. The molecule has 0 saturated carbocycles. The number of carbonyl (C=O) groups excluding carboxylic acids is 3. The summed E-state index contributed by atoms with van der Waals surface area (Å²) in [6, 6.07) is 10.9. The Morgan fingerprint density at radius 3 is 2.50 bits per heavy atom. The van der Waals surface area contributed by atoms with Crippen LogP contribution in [0.2, 0.25) is 0 Å². The fraction of sp³-hybridized carbons (Fsp3) is 0.261. The lowest BCUT2D eigenvalue weighted by molar-refractivity contribution is -0.125. The van der Waals surface area contributed by atoms with Crippen LogP contribution in [0.4, 0.5) is 10.5 Å². The van der Waals surface area contributed by atoms with E-state index in [1.165, 1.54) is 7.11 Å². The van der Waals surface area contributed by atoms with Crippen LogP contribution >= 0.6 is 0 Å². The SMILES string of the molecule is COc1ccc(N2C(=O)NC(CC(=O)NCCc3c[nH]c4ccc(OC)cc34)C2=O)cc1. The molecule has 3 aromatic rings. The average Bonchev–Trinajstić information content (AvgIpc) is 3.33. The quantitative estimate of drug-likeness (QED) is 0.469. The Labute approximate surface area is 184 Å². The first-order valence-corrected chi connectivity index (χ1v) is 10.2. The van der Waals surface area contributed by atoms with Crippen molar-refractivity contribution in [3.8, 4) is 11.5 Å². The Bertz CT molecular complexity index is 1150. The van der Waals surface area contributed by atoms with Crippen molar-refractivity contribution in [3.63, 3.8) is 0 Å². The first-order chi connectivity index (χ1) is 15.5. The molecule has 3 N–H and O–H groups in total. The fourth-order valence-electron chi connectivity index (χ4n) is 3.73. The summed E-state index contributed by atoms with van der Waals surface area (Å²) in [5, 5.41) is 6.44. The van der Waals surface area contributed by atoms with E-state index in [9.17, 15) is 14.4 Å². The Kier molecular flexibility index (Phi) is 5.98. The molecule has 32 heavy (non-hydrogen) atoms. The van der Waals surface area contributed by atoms with Crippen LogP contribution in [0.5, 0.6) is 11.5 Å². The van der Waals surface area contributed by atoms with E-state index in [0.717, 1.165) is 27.1 Å². The number of aromatic amines is 1. The minimum absolute atomic E-state index is 0.126. The molecule has 4 amide bonds. The molecular formula is C23H24N4O5. The maximum Gasteiger partial charge on any atom is 0.329 e. The van der Waals surface area contributed by atoms with Gasteiger partial charge in [0.15, 0.2) is 0 Å². The van der Waals surface area contributed by atoms with Crippen molar-refractivity contribution in [2.24, 2.45) is 0 Å². The third-order valence-corrected chi connectivity index (χ3v) is 5.43. The average molecular weight is 436 g/mol. The van der Waals surface area contributed by atoms with E-state index in [1.807, 2.05) is 24.4 Å². The zero-order valence-electron chi connectivity index (χ0n) is 17.8. The smallest absolute Gasteiger partial charge is 0.329 e. The first kappa shape index (κ1) is 21.2. The molecule has 0 bridgehead atoms. The Morgan fingerprint density at radius 2 is 1.78 bits per heavy atom. The van der Waals surface area contributed by atoms with Gasteiger partial charge in [0.25, 0.3) is 5.91 Å². The summed E-state index contributed by atoms with van der Waals surface area (Å²) in [5.74, 6) is 0.612. The minimum Gasteiger partial charge on any atom is -0.497 e. The van der Waals surface area contributed by atoms with Gasteiger partial charge >= 0.3 is 6.03 Å². The number of rotatable bonds is 8. The van der Waals surface area contributed by atoms with Crippen LogP contribution in [-0.2, 0) is 16.0 Å². The van der Waals surface area contributed by atoms with Crippen LogP contribution in [0.1, 0.15) is 12.0 Å². The van der Waals surface area contributed by atoms with Crippen molar-refractivity contribution >= 4 is 34.4 Å². The van der Waals surface area contributed by atoms with Crippen LogP contribution in [0, 0.1) is 0 Å². The van der Waals surface area contributed by atoms with Gasteiger partial charge in [-0.1, -0.05) is 0 Å². The van der Waals surface area contributed by atoms with Gasteiger partial charge in [-0.2, -0.15) is 0 Å². The second-order valence-corrected chi connectivity index (χ2v) is 7.40. The standard InChI is InChI=1S/C23H24N4O5/c1-31-16-5-3-15(4-6-16)27-22(29)20(26-23(27)30)12-21(28)24-10-9-14-13-25-19-8-7-17(32-2)11-18(14)19/h3-8,11,13,20,25H,9-10,12H2,1-2H3,(H,24,28)(H,26,30). The lowest BCUT2D eigenvalue weighted by Crippen LogP contribution is -2.37. The number of nitrogens with zero attached hydrogens (tertiary/aromatic N) is 1. The summed E-state index contributed by atoms with van der Waals surface area (Å²) in [6.07, 6.45) is 2.39. The van der Waals surface area contributed by atoms with Crippen molar-refractivity contribution < 1.29 is 23.9 Å². The number of hydrogen-bond acceptors (Lipinski definition) is 5. The number of benzene rings is 2. The number of methoxy groups -OCH3 is 2. The predicted molar refractivity (Wildman–Crippen MR) is 119 cm³/mol. The lowest BCUT2D eigenvalue weighted by atomic mass is 10.1. The summed E-state index contributed by atoms with van der Waals surface area (Å²) >= 11 is 0. The zero-order valence-corrected chi connectivity index (χ0v) is 17.8. The van der Waals surface area contributed by atoms with Gasteiger partial charge in [0, 0.05) is 23.6 Å². The number of carbonyl (C=O) groups is 3. The third-order valence-electron chi connectivity index (χ3n) is 5.43. The lowest BCUT2D eigenvalue weighted by Gasteiger charge is -2.13. The molecule has 0 radical (unpaired) electrons. The summed E-state index contributed by atoms with van der Waals surface area (Å²) in [6.45, 7) is 0.403. The van der Waals surface area contributed by atoms with E-state index in [4.69, 9.17) is 9.47 Å². The Morgan fingerprint density at radius 1 is 1.06 bits per heavy atom. The monoisotopic (exact) mass is 436 g/mol. The summed E-state index contributed by atoms with van der Waals surface area (Å²) in [5.41, 5.74) is 2.46. The van der Waals surface area contributed by atoms with Gasteiger partial charge in [-0.15, -0.1) is 0 Å².